The molecule has 0 saturated carbocycles. The van der Waals surface area contributed by atoms with E-state index in [0.29, 0.717) is 0 Å². The van der Waals surface area contributed by atoms with E-state index in [9.17, 15) is 0 Å². The maximum atomic E-state index is 3.48. The average Bonchev–Trinajstić information content (AvgIpc) is 1.41. The van der Waals surface area contributed by atoms with Gasteiger partial charge in [-0.3, -0.25) is 0 Å². The minimum absolute atomic E-state index is 1.39. The summed E-state index contributed by atoms with van der Waals surface area (Å²) in [5.41, 5.74) is 0. The largest absolute Gasteiger partial charge is 0.221 e. The zero-order chi connectivity index (χ0) is 4.12. The molecule has 0 bridgehead atoms. The molecule has 0 radical (unpaired) electrons. The molecule has 0 N–H and O–H groups in total. The van der Waals surface area contributed by atoms with Gasteiger partial charge in [0.05, 0.1) is 0 Å². The van der Waals surface area contributed by atoms with Gasteiger partial charge in [-0.05, 0) is 13.0 Å². The summed E-state index contributed by atoms with van der Waals surface area (Å²) in [5, 5.41) is 0. The van der Waals surface area contributed by atoms with Gasteiger partial charge in [0.15, 0.2) is 0 Å². The van der Waals surface area contributed by atoms with Gasteiger partial charge in [-0.1, -0.05) is 10.8 Å². The van der Waals surface area contributed by atoms with Crippen molar-refractivity contribution in [2.45, 2.75) is 0 Å². The highest BCUT2D eigenvalue weighted by molar-refractivity contribution is 8.76. The normalized spacial score (nSPS) is 7.40. The van der Waals surface area contributed by atoms with Crippen molar-refractivity contribution >= 4 is 28.5 Å². The summed E-state index contributed by atoms with van der Waals surface area (Å²) in [5.74, 6) is 0. The van der Waals surface area contributed by atoms with Crippen LogP contribution in [0.3, 0.4) is 0 Å². The molecule has 5 heavy (non-hydrogen) atoms. The van der Waals surface area contributed by atoms with Crippen molar-refractivity contribution in [3.05, 3.63) is 0 Å². The summed E-state index contributed by atoms with van der Waals surface area (Å²) >= 11 is 0. The molecule has 3 heteroatoms. The first-order chi connectivity index (χ1) is 2.41. The fourth-order valence-electron chi connectivity index (χ4n) is 0.0527. The van der Waals surface area contributed by atoms with E-state index in [0.717, 1.165) is 0 Å². The number of rotatable bonds is 2. The van der Waals surface area contributed by atoms with Crippen LogP contribution in [0.2, 0.25) is 0 Å². The third kappa shape index (κ3) is 4.37. The van der Waals surface area contributed by atoms with Crippen LogP contribution >= 0.6 is 21.8 Å². The molecule has 0 aromatic rings. The highest BCUT2D eigenvalue weighted by Gasteiger charge is 1.62. The molecule has 0 aliphatic carbocycles. The topological polar surface area (TPSA) is 12.4 Å². The number of nitrogens with zero attached hydrogens (tertiary/aromatic N) is 1. The first kappa shape index (κ1) is 5.37. The first-order valence-corrected chi connectivity index (χ1v) is 3.59. The van der Waals surface area contributed by atoms with Crippen molar-refractivity contribution in [3.8, 4) is 0 Å². The van der Waals surface area contributed by atoms with Crippen molar-refractivity contribution < 1.29 is 0 Å². The number of hydrogen-bond donors (Lipinski definition) is 0. The molecule has 0 heterocycles. The van der Waals surface area contributed by atoms with Crippen LogP contribution in [0.15, 0.2) is 4.40 Å². The predicted octanol–water partition coefficient (Wildman–Crippen LogP) is 1.61. The molecule has 0 aliphatic heterocycles. The van der Waals surface area contributed by atoms with E-state index >= 15 is 0 Å². The second-order valence-electron chi connectivity index (χ2n) is 0.370. The Labute approximate surface area is 39.8 Å². The van der Waals surface area contributed by atoms with Crippen LogP contribution in [0.25, 0.3) is 0 Å². The zero-order valence-corrected chi connectivity index (χ0v) is 4.60. The Hall–Kier alpha value is 0.370. The van der Waals surface area contributed by atoms with Crippen molar-refractivity contribution in [1.82, 2.24) is 0 Å². The van der Waals surface area contributed by atoms with Gasteiger partial charge in [-0.2, -0.15) is 0 Å². The van der Waals surface area contributed by atoms with Gasteiger partial charge in [0.1, 0.15) is 0 Å². The van der Waals surface area contributed by atoms with Crippen LogP contribution in [0.5, 0.6) is 0 Å². The quantitative estimate of drug-likeness (QED) is 0.302. The van der Waals surface area contributed by atoms with Crippen LogP contribution in [0.1, 0.15) is 0 Å². The second kappa shape index (κ2) is 4.37. The molecule has 0 spiro atoms. The van der Waals surface area contributed by atoms with Crippen LogP contribution in [-0.4, -0.2) is 13.0 Å². The van der Waals surface area contributed by atoms with E-state index in [4.69, 9.17) is 0 Å². The van der Waals surface area contributed by atoms with E-state index < -0.39 is 0 Å². The summed E-state index contributed by atoms with van der Waals surface area (Å²) in [6, 6.07) is 0. The maximum absolute atomic E-state index is 3.48. The van der Waals surface area contributed by atoms with Gasteiger partial charge in [-0.25, -0.2) is 4.40 Å². The van der Waals surface area contributed by atoms with Crippen molar-refractivity contribution in [3.63, 3.8) is 0 Å². The second-order valence-corrected chi connectivity index (χ2v) is 2.56. The van der Waals surface area contributed by atoms with Crippen LogP contribution in [0.4, 0.5) is 0 Å². The minimum Gasteiger partial charge on any atom is -0.221 e. The first-order valence-electron chi connectivity index (χ1n) is 1.07. The minimum atomic E-state index is 1.39. The molecule has 0 aromatic carbocycles. The lowest BCUT2D eigenvalue weighted by molar-refractivity contribution is 2.07. The van der Waals surface area contributed by atoms with E-state index in [-0.39, 0.29) is 0 Å². The Bertz CT molecular complexity index is 28.8. The van der Waals surface area contributed by atoms with Gasteiger partial charge in [0, 0.05) is 11.0 Å². The standard InChI is InChI=1S/C2H5NS2/c1-3-5-4-2/h1H2,2H3. The van der Waals surface area contributed by atoms with Gasteiger partial charge < -0.3 is 0 Å². The SMILES string of the molecule is C=NSSC. The lowest BCUT2D eigenvalue weighted by atomic mass is 11.8. The maximum Gasteiger partial charge on any atom is 0.0424 e. The van der Waals surface area contributed by atoms with E-state index in [1.54, 1.807) is 10.8 Å². The molecular formula is C2H5NS2. The summed E-state index contributed by atoms with van der Waals surface area (Å²) < 4.78 is 3.48. The Balaban J connectivity index is 2.40. The average molecular weight is 107 g/mol. The Kier molecular flexibility index (Phi) is 4.69. The Morgan fingerprint density at radius 1 is 1.80 bits per heavy atom. The lowest BCUT2D eigenvalue weighted by Gasteiger charge is -1.72. The highest BCUT2D eigenvalue weighted by atomic mass is 33.1. The fourth-order valence-corrected chi connectivity index (χ4v) is 0.474. The molecule has 0 fully saturated rings. The van der Waals surface area contributed by atoms with Crippen LogP contribution in [-0.2, 0) is 0 Å². The molecule has 0 unspecified atom stereocenters. The van der Waals surface area contributed by atoms with Gasteiger partial charge >= 0.3 is 0 Å². The van der Waals surface area contributed by atoms with Gasteiger partial charge in [0.25, 0.3) is 0 Å². The third-order valence-corrected chi connectivity index (χ3v) is 1.15. The molecule has 0 saturated heterocycles. The van der Waals surface area contributed by atoms with E-state index in [1.165, 1.54) is 11.0 Å². The lowest BCUT2D eigenvalue weighted by Crippen LogP contribution is -1.30. The van der Waals surface area contributed by atoms with Gasteiger partial charge in [0.2, 0.25) is 0 Å². The Morgan fingerprint density at radius 2 is 2.40 bits per heavy atom. The highest BCUT2D eigenvalue weighted by Crippen LogP contribution is 2.15. The summed E-state index contributed by atoms with van der Waals surface area (Å²) in [6.07, 6.45) is 1.96. The van der Waals surface area contributed by atoms with Crippen molar-refractivity contribution in [2.24, 2.45) is 4.40 Å². The summed E-state index contributed by atoms with van der Waals surface area (Å²) in [6.45, 7) is 3.24. The molecule has 0 aromatic heterocycles. The molecule has 0 amide bonds. The van der Waals surface area contributed by atoms with Crippen LogP contribution in [0, 0.1) is 0 Å². The monoisotopic (exact) mass is 107 g/mol. The Morgan fingerprint density at radius 3 is 2.40 bits per heavy atom. The van der Waals surface area contributed by atoms with E-state index in [1.807, 2.05) is 6.26 Å². The van der Waals surface area contributed by atoms with Crippen LogP contribution < -0.4 is 0 Å². The van der Waals surface area contributed by atoms with E-state index in [2.05, 4.69) is 11.1 Å². The third-order valence-electron chi connectivity index (χ3n) is 0.127. The van der Waals surface area contributed by atoms with Crippen molar-refractivity contribution in [2.75, 3.05) is 6.26 Å². The molecule has 30 valence electrons. The number of hydrogen-bond acceptors (Lipinski definition) is 3. The molecule has 1 nitrogen and oxygen atoms in total. The predicted molar refractivity (Wildman–Crippen MR) is 30.7 cm³/mol. The zero-order valence-electron chi connectivity index (χ0n) is 2.97. The fraction of sp³-hybridized carbons (Fsp3) is 0.500. The molecule has 0 aliphatic rings. The summed E-state index contributed by atoms with van der Waals surface area (Å²) in [4.78, 5) is 0. The summed E-state index contributed by atoms with van der Waals surface area (Å²) in [7, 11) is 2.98. The molecule has 0 rings (SSSR count). The molecule has 0 atom stereocenters. The van der Waals surface area contributed by atoms with Gasteiger partial charge in [-0.15, -0.1) is 0 Å². The molecular weight excluding hydrogens is 102 g/mol. The van der Waals surface area contributed by atoms with Crippen molar-refractivity contribution in [1.29, 1.82) is 0 Å². The smallest absolute Gasteiger partial charge is 0.0424 e.